The minimum Gasteiger partial charge on any atom is -0.351 e. The number of aryl methyl sites for hydroxylation is 1. The van der Waals surface area contributed by atoms with E-state index < -0.39 is 16.1 Å². The first-order chi connectivity index (χ1) is 13.9. The molecule has 0 aliphatic carbocycles. The summed E-state index contributed by atoms with van der Waals surface area (Å²) >= 11 is 0. The molecule has 1 atom stereocenters. The number of rotatable bonds is 8. The predicted molar refractivity (Wildman–Crippen MR) is 114 cm³/mol. The third-order valence-electron chi connectivity index (χ3n) is 4.54. The fraction of sp³-hybridized carbons (Fsp3) is 0.174. The van der Waals surface area contributed by atoms with Crippen molar-refractivity contribution < 1.29 is 13.2 Å². The lowest BCUT2D eigenvalue weighted by Crippen LogP contribution is -2.47. The highest BCUT2D eigenvalue weighted by Gasteiger charge is 2.25. The molecule has 0 radical (unpaired) electrons. The van der Waals surface area contributed by atoms with Gasteiger partial charge in [0.25, 0.3) is 0 Å². The van der Waals surface area contributed by atoms with Crippen molar-refractivity contribution in [2.75, 3.05) is 0 Å². The third-order valence-corrected chi connectivity index (χ3v) is 6.02. The number of sulfonamides is 1. The number of nitrogens with one attached hydrogen (secondary N) is 2. The lowest BCUT2D eigenvalue weighted by atomic mass is 10.1. The molecular weight excluding hydrogens is 384 g/mol. The van der Waals surface area contributed by atoms with Crippen LogP contribution in [0.1, 0.15) is 16.7 Å². The van der Waals surface area contributed by atoms with Gasteiger partial charge in [-0.15, -0.1) is 0 Å². The van der Waals surface area contributed by atoms with E-state index in [1.807, 2.05) is 61.5 Å². The molecule has 0 bridgehead atoms. The van der Waals surface area contributed by atoms with Gasteiger partial charge in [0.15, 0.2) is 0 Å². The summed E-state index contributed by atoms with van der Waals surface area (Å²) in [4.78, 5) is 13.0. The molecule has 0 aliphatic rings. The van der Waals surface area contributed by atoms with E-state index in [1.165, 1.54) is 12.1 Å². The molecule has 1 amide bonds. The molecule has 0 spiro atoms. The van der Waals surface area contributed by atoms with Gasteiger partial charge in [-0.05, 0) is 36.6 Å². The van der Waals surface area contributed by atoms with Crippen LogP contribution in [0.5, 0.6) is 0 Å². The molecular formula is C23H24N2O3S. The topological polar surface area (TPSA) is 75.3 Å². The van der Waals surface area contributed by atoms with Gasteiger partial charge in [0.2, 0.25) is 15.9 Å². The summed E-state index contributed by atoms with van der Waals surface area (Å²) < 4.78 is 28.1. The van der Waals surface area contributed by atoms with E-state index >= 15 is 0 Å². The molecule has 0 aromatic heterocycles. The van der Waals surface area contributed by atoms with Crippen LogP contribution in [0, 0.1) is 6.92 Å². The smallest absolute Gasteiger partial charge is 0.241 e. The van der Waals surface area contributed by atoms with Crippen molar-refractivity contribution in [2.24, 2.45) is 0 Å². The zero-order valence-electron chi connectivity index (χ0n) is 16.2. The number of amides is 1. The standard InChI is InChI=1S/C23H24N2O3S/c1-18-12-14-20(15-13-18)17-24-23(26)22(16-19-8-4-2-5-9-19)25-29(27,28)21-10-6-3-7-11-21/h2-15,22,25H,16-17H2,1H3,(H,24,26)/t22-/m0/s1. The second kappa shape index (κ2) is 9.49. The van der Waals surface area contributed by atoms with Gasteiger partial charge in [-0.25, -0.2) is 8.42 Å². The lowest BCUT2D eigenvalue weighted by molar-refractivity contribution is -0.122. The Labute approximate surface area is 171 Å². The predicted octanol–water partition coefficient (Wildman–Crippen LogP) is 3.20. The van der Waals surface area contributed by atoms with Crippen LogP contribution in [-0.2, 0) is 27.8 Å². The van der Waals surface area contributed by atoms with Crippen molar-refractivity contribution in [1.82, 2.24) is 10.0 Å². The van der Waals surface area contributed by atoms with Gasteiger partial charge in [-0.3, -0.25) is 4.79 Å². The maximum absolute atomic E-state index is 12.9. The van der Waals surface area contributed by atoms with Crippen molar-refractivity contribution in [1.29, 1.82) is 0 Å². The van der Waals surface area contributed by atoms with E-state index in [0.29, 0.717) is 6.54 Å². The zero-order chi connectivity index (χ0) is 20.7. The first-order valence-corrected chi connectivity index (χ1v) is 10.9. The molecule has 0 fully saturated rings. The normalized spacial score (nSPS) is 12.3. The van der Waals surface area contributed by atoms with E-state index in [-0.39, 0.29) is 17.2 Å². The Balaban J connectivity index is 1.76. The fourth-order valence-electron chi connectivity index (χ4n) is 2.91. The molecule has 6 heteroatoms. The Morgan fingerprint density at radius 3 is 2.03 bits per heavy atom. The first-order valence-electron chi connectivity index (χ1n) is 9.38. The molecule has 3 aromatic rings. The molecule has 0 saturated heterocycles. The number of hydrogen-bond acceptors (Lipinski definition) is 3. The van der Waals surface area contributed by atoms with Crippen molar-refractivity contribution in [3.8, 4) is 0 Å². The van der Waals surface area contributed by atoms with Gasteiger partial charge >= 0.3 is 0 Å². The molecule has 5 nitrogen and oxygen atoms in total. The maximum Gasteiger partial charge on any atom is 0.241 e. The van der Waals surface area contributed by atoms with Gasteiger partial charge in [0, 0.05) is 6.54 Å². The van der Waals surface area contributed by atoms with Crippen LogP contribution < -0.4 is 10.0 Å². The van der Waals surface area contributed by atoms with Crippen LogP contribution in [-0.4, -0.2) is 20.4 Å². The summed E-state index contributed by atoms with van der Waals surface area (Å²) in [6.45, 7) is 2.33. The van der Waals surface area contributed by atoms with Crippen molar-refractivity contribution in [3.05, 3.63) is 102 Å². The van der Waals surface area contributed by atoms with Crippen LogP contribution in [0.2, 0.25) is 0 Å². The highest BCUT2D eigenvalue weighted by Crippen LogP contribution is 2.11. The fourth-order valence-corrected chi connectivity index (χ4v) is 4.13. The van der Waals surface area contributed by atoms with Gasteiger partial charge in [0.1, 0.15) is 6.04 Å². The molecule has 2 N–H and O–H groups in total. The third kappa shape index (κ3) is 6.01. The monoisotopic (exact) mass is 408 g/mol. The summed E-state index contributed by atoms with van der Waals surface area (Å²) in [7, 11) is -3.82. The minimum absolute atomic E-state index is 0.129. The van der Waals surface area contributed by atoms with E-state index in [9.17, 15) is 13.2 Å². The molecule has 0 aliphatic heterocycles. The van der Waals surface area contributed by atoms with Crippen molar-refractivity contribution >= 4 is 15.9 Å². The van der Waals surface area contributed by atoms with E-state index in [2.05, 4.69) is 10.0 Å². The van der Waals surface area contributed by atoms with Crippen LogP contribution in [0.4, 0.5) is 0 Å². The first kappa shape index (κ1) is 20.8. The zero-order valence-corrected chi connectivity index (χ0v) is 17.0. The van der Waals surface area contributed by atoms with E-state index in [1.54, 1.807) is 18.2 Å². The SMILES string of the molecule is Cc1ccc(CNC(=O)[C@H](Cc2ccccc2)NS(=O)(=O)c2ccccc2)cc1. The number of carbonyl (C=O) groups excluding carboxylic acids is 1. The molecule has 0 heterocycles. The average Bonchev–Trinajstić information content (AvgIpc) is 2.74. The highest BCUT2D eigenvalue weighted by atomic mass is 32.2. The second-order valence-electron chi connectivity index (χ2n) is 6.88. The lowest BCUT2D eigenvalue weighted by Gasteiger charge is -2.19. The Bertz CT molecular complexity index is 1030. The van der Waals surface area contributed by atoms with Gasteiger partial charge in [-0.1, -0.05) is 78.4 Å². The minimum atomic E-state index is -3.82. The van der Waals surface area contributed by atoms with Gasteiger partial charge in [0.05, 0.1) is 4.90 Å². The Morgan fingerprint density at radius 1 is 0.828 bits per heavy atom. The van der Waals surface area contributed by atoms with Crippen LogP contribution in [0.25, 0.3) is 0 Å². The van der Waals surface area contributed by atoms with Gasteiger partial charge in [-0.2, -0.15) is 4.72 Å². The summed E-state index contributed by atoms with van der Waals surface area (Å²) in [5.41, 5.74) is 2.96. The highest BCUT2D eigenvalue weighted by molar-refractivity contribution is 7.89. The van der Waals surface area contributed by atoms with Crippen molar-refractivity contribution in [3.63, 3.8) is 0 Å². The summed E-state index contributed by atoms with van der Waals surface area (Å²) in [6.07, 6.45) is 0.257. The van der Waals surface area contributed by atoms with E-state index in [4.69, 9.17) is 0 Å². The van der Waals surface area contributed by atoms with Gasteiger partial charge < -0.3 is 5.32 Å². The maximum atomic E-state index is 12.9. The van der Waals surface area contributed by atoms with Crippen LogP contribution in [0.3, 0.4) is 0 Å². The molecule has 3 aromatic carbocycles. The molecule has 150 valence electrons. The Kier molecular flexibility index (Phi) is 6.80. The Morgan fingerprint density at radius 2 is 1.41 bits per heavy atom. The molecule has 0 unspecified atom stereocenters. The largest absolute Gasteiger partial charge is 0.351 e. The number of carbonyl (C=O) groups is 1. The summed E-state index contributed by atoms with van der Waals surface area (Å²) in [6, 6.07) is 24.3. The molecule has 3 rings (SSSR count). The molecule has 0 saturated carbocycles. The summed E-state index contributed by atoms with van der Waals surface area (Å²) in [5.74, 6) is -0.367. The number of benzene rings is 3. The Hall–Kier alpha value is -2.96. The van der Waals surface area contributed by atoms with Crippen LogP contribution >= 0.6 is 0 Å². The second-order valence-corrected chi connectivity index (χ2v) is 8.59. The summed E-state index contributed by atoms with van der Waals surface area (Å²) in [5, 5.41) is 2.85. The van der Waals surface area contributed by atoms with Crippen molar-refractivity contribution in [2.45, 2.75) is 30.8 Å². The quantitative estimate of drug-likeness (QED) is 0.601. The number of hydrogen-bond donors (Lipinski definition) is 2. The average molecular weight is 409 g/mol. The van der Waals surface area contributed by atoms with Crippen LogP contribution in [0.15, 0.2) is 89.8 Å². The van der Waals surface area contributed by atoms with E-state index in [0.717, 1.165) is 16.7 Å². The molecule has 29 heavy (non-hydrogen) atoms.